The Morgan fingerprint density at radius 3 is 2.50 bits per heavy atom. The summed E-state index contributed by atoms with van der Waals surface area (Å²) in [6.45, 7) is 9.35. The molecule has 3 nitrogen and oxygen atoms in total. The molecule has 18 heavy (non-hydrogen) atoms. The van der Waals surface area contributed by atoms with Gasteiger partial charge in [-0.3, -0.25) is 4.79 Å². The van der Waals surface area contributed by atoms with Gasteiger partial charge in [0.15, 0.2) is 0 Å². The van der Waals surface area contributed by atoms with Crippen molar-refractivity contribution in [1.29, 1.82) is 0 Å². The zero-order valence-corrected chi connectivity index (χ0v) is 12.8. The molecule has 1 fully saturated rings. The third-order valence-electron chi connectivity index (χ3n) is 4.04. The van der Waals surface area contributed by atoms with Crippen molar-refractivity contribution in [2.75, 3.05) is 19.6 Å². The van der Waals surface area contributed by atoms with Gasteiger partial charge in [-0.2, -0.15) is 0 Å². The Hall–Kier alpha value is -0.280. The molecular weight excluding hydrogens is 248 g/mol. The lowest BCUT2D eigenvalue weighted by Gasteiger charge is -2.32. The van der Waals surface area contributed by atoms with Crippen LogP contribution in [-0.4, -0.2) is 25.5 Å². The van der Waals surface area contributed by atoms with Crippen LogP contribution in [0.2, 0.25) is 0 Å². The third kappa shape index (κ3) is 5.57. The van der Waals surface area contributed by atoms with E-state index in [2.05, 4.69) is 24.5 Å². The second kappa shape index (κ2) is 9.62. The van der Waals surface area contributed by atoms with Crippen LogP contribution in [0.3, 0.4) is 0 Å². The molecule has 1 rings (SSSR count). The first kappa shape index (κ1) is 17.7. The maximum atomic E-state index is 11.9. The molecule has 0 bridgehead atoms. The van der Waals surface area contributed by atoms with E-state index in [1.54, 1.807) is 0 Å². The largest absolute Gasteiger partial charge is 0.356 e. The first-order chi connectivity index (χ1) is 8.19. The van der Waals surface area contributed by atoms with E-state index in [1.807, 2.05) is 6.92 Å². The quantitative estimate of drug-likeness (QED) is 0.716. The lowest BCUT2D eigenvalue weighted by Crippen LogP contribution is -2.50. The van der Waals surface area contributed by atoms with Gasteiger partial charge in [0.2, 0.25) is 5.91 Å². The Morgan fingerprint density at radius 2 is 2.06 bits per heavy atom. The highest BCUT2D eigenvalue weighted by atomic mass is 35.5. The van der Waals surface area contributed by atoms with E-state index in [0.717, 1.165) is 19.6 Å². The molecule has 0 aromatic heterocycles. The smallest absolute Gasteiger partial charge is 0.223 e. The van der Waals surface area contributed by atoms with Crippen LogP contribution < -0.4 is 10.6 Å². The average molecular weight is 277 g/mol. The van der Waals surface area contributed by atoms with Gasteiger partial charge in [0.25, 0.3) is 0 Å². The van der Waals surface area contributed by atoms with Gasteiger partial charge in [-0.05, 0) is 31.3 Å². The molecule has 1 aliphatic heterocycles. The summed E-state index contributed by atoms with van der Waals surface area (Å²) < 4.78 is 0. The van der Waals surface area contributed by atoms with Crippen LogP contribution in [0.25, 0.3) is 0 Å². The maximum absolute atomic E-state index is 11.9. The molecule has 108 valence electrons. The maximum Gasteiger partial charge on any atom is 0.223 e. The molecule has 0 aromatic rings. The Morgan fingerprint density at radius 1 is 1.39 bits per heavy atom. The van der Waals surface area contributed by atoms with Gasteiger partial charge >= 0.3 is 0 Å². The zero-order chi connectivity index (χ0) is 12.7. The van der Waals surface area contributed by atoms with E-state index in [-0.39, 0.29) is 24.2 Å². The van der Waals surface area contributed by atoms with E-state index in [9.17, 15) is 4.79 Å². The van der Waals surface area contributed by atoms with E-state index in [4.69, 9.17) is 0 Å². The summed E-state index contributed by atoms with van der Waals surface area (Å²) in [5.41, 5.74) is 0. The molecule has 2 atom stereocenters. The van der Waals surface area contributed by atoms with Gasteiger partial charge in [-0.1, -0.05) is 40.0 Å². The summed E-state index contributed by atoms with van der Waals surface area (Å²) in [7, 11) is 0. The monoisotopic (exact) mass is 276 g/mol. The van der Waals surface area contributed by atoms with Crippen molar-refractivity contribution in [2.24, 2.45) is 17.8 Å². The minimum atomic E-state index is 0. The highest BCUT2D eigenvalue weighted by Gasteiger charge is 2.28. The number of unbranched alkanes of at least 4 members (excludes halogenated alkanes) is 1. The van der Waals surface area contributed by atoms with Crippen molar-refractivity contribution in [3.8, 4) is 0 Å². The molecule has 0 aromatic carbocycles. The molecule has 1 heterocycles. The number of hydrogen-bond acceptors (Lipinski definition) is 2. The van der Waals surface area contributed by atoms with E-state index in [1.165, 1.54) is 25.7 Å². The topological polar surface area (TPSA) is 41.1 Å². The molecule has 0 radical (unpaired) electrons. The van der Waals surface area contributed by atoms with Crippen molar-refractivity contribution < 1.29 is 4.79 Å². The number of halogens is 1. The molecule has 4 heteroatoms. The lowest BCUT2D eigenvalue weighted by molar-refractivity contribution is -0.126. The number of carbonyl (C=O) groups is 1. The summed E-state index contributed by atoms with van der Waals surface area (Å²) in [6.07, 6.45) is 4.93. The fraction of sp³-hybridized carbons (Fsp3) is 0.929. The number of hydrogen-bond donors (Lipinski definition) is 2. The zero-order valence-electron chi connectivity index (χ0n) is 12.0. The van der Waals surface area contributed by atoms with Crippen molar-refractivity contribution in [3.63, 3.8) is 0 Å². The standard InChI is InChI=1S/C14H28N2O.ClH/c1-4-6-7-12(5-2)8-16-14(17)11(3)13-9-15-10-13;/h11-13,15H,4-10H2,1-3H3,(H,16,17);1H. The molecule has 2 unspecified atom stereocenters. The average Bonchev–Trinajstić information content (AvgIpc) is 2.26. The number of carbonyl (C=O) groups excluding carboxylic acids is 1. The van der Waals surface area contributed by atoms with Crippen LogP contribution in [0.1, 0.15) is 46.5 Å². The molecular formula is C14H29ClN2O. The summed E-state index contributed by atoms with van der Waals surface area (Å²) in [5.74, 6) is 1.61. The molecule has 0 saturated carbocycles. The molecule has 1 saturated heterocycles. The number of amides is 1. The van der Waals surface area contributed by atoms with Crippen molar-refractivity contribution >= 4 is 18.3 Å². The minimum absolute atomic E-state index is 0. The summed E-state index contributed by atoms with van der Waals surface area (Å²) in [6, 6.07) is 0. The Bertz CT molecular complexity index is 232. The highest BCUT2D eigenvalue weighted by molar-refractivity contribution is 5.85. The van der Waals surface area contributed by atoms with Gasteiger partial charge in [0.05, 0.1) is 0 Å². The summed E-state index contributed by atoms with van der Waals surface area (Å²) >= 11 is 0. The van der Waals surface area contributed by atoms with Crippen LogP contribution in [0.15, 0.2) is 0 Å². The third-order valence-corrected chi connectivity index (χ3v) is 4.04. The predicted octanol–water partition coefficient (Wildman–Crippen LogP) is 2.60. The van der Waals surface area contributed by atoms with Crippen LogP contribution in [0, 0.1) is 17.8 Å². The molecule has 0 spiro atoms. The summed E-state index contributed by atoms with van der Waals surface area (Å²) in [4.78, 5) is 11.9. The van der Waals surface area contributed by atoms with E-state index in [0.29, 0.717) is 11.8 Å². The van der Waals surface area contributed by atoms with Crippen LogP contribution in [0.5, 0.6) is 0 Å². The first-order valence-electron chi connectivity index (χ1n) is 7.17. The molecule has 1 aliphatic rings. The normalized spacial score (nSPS) is 18.4. The van der Waals surface area contributed by atoms with Gasteiger partial charge in [-0.15, -0.1) is 12.4 Å². The Balaban J connectivity index is 0.00000289. The molecule has 1 amide bonds. The fourth-order valence-electron chi connectivity index (χ4n) is 2.23. The first-order valence-corrected chi connectivity index (χ1v) is 7.17. The second-order valence-electron chi connectivity index (χ2n) is 5.37. The van der Waals surface area contributed by atoms with E-state index >= 15 is 0 Å². The Kier molecular flexibility index (Phi) is 9.47. The summed E-state index contributed by atoms with van der Waals surface area (Å²) in [5, 5.41) is 6.35. The molecule has 0 aliphatic carbocycles. The van der Waals surface area contributed by atoms with Gasteiger partial charge in [0, 0.05) is 12.5 Å². The van der Waals surface area contributed by atoms with Gasteiger partial charge < -0.3 is 10.6 Å². The SMILES string of the molecule is CCCCC(CC)CNC(=O)C(C)C1CNC1.Cl. The predicted molar refractivity (Wildman–Crippen MR) is 79.1 cm³/mol. The number of nitrogens with one attached hydrogen (secondary N) is 2. The Labute approximate surface area is 118 Å². The van der Waals surface area contributed by atoms with Gasteiger partial charge in [0.1, 0.15) is 0 Å². The van der Waals surface area contributed by atoms with Gasteiger partial charge in [-0.25, -0.2) is 0 Å². The van der Waals surface area contributed by atoms with E-state index < -0.39 is 0 Å². The van der Waals surface area contributed by atoms with Crippen molar-refractivity contribution in [3.05, 3.63) is 0 Å². The lowest BCUT2D eigenvalue weighted by atomic mass is 9.88. The minimum Gasteiger partial charge on any atom is -0.356 e. The fourth-order valence-corrected chi connectivity index (χ4v) is 2.23. The van der Waals surface area contributed by atoms with Crippen LogP contribution in [0.4, 0.5) is 0 Å². The van der Waals surface area contributed by atoms with Crippen molar-refractivity contribution in [1.82, 2.24) is 10.6 Å². The molecule has 2 N–H and O–H groups in total. The number of rotatable bonds is 8. The second-order valence-corrected chi connectivity index (χ2v) is 5.37. The van der Waals surface area contributed by atoms with Crippen molar-refractivity contribution in [2.45, 2.75) is 46.5 Å². The highest BCUT2D eigenvalue weighted by Crippen LogP contribution is 2.16. The van der Waals surface area contributed by atoms with Crippen LogP contribution in [-0.2, 0) is 4.79 Å². The van der Waals surface area contributed by atoms with Crippen LogP contribution >= 0.6 is 12.4 Å².